The smallest absolute Gasteiger partial charge is 0.240 e. The van der Waals surface area contributed by atoms with Crippen LogP contribution in [-0.4, -0.2) is 20.1 Å². The molecule has 0 aliphatic carbocycles. The monoisotopic (exact) mass is 350 g/mol. The largest absolute Gasteiger partial charge is 0.361 e. The van der Waals surface area contributed by atoms with Crippen LogP contribution in [0.15, 0.2) is 27.6 Å². The van der Waals surface area contributed by atoms with Crippen molar-refractivity contribution in [2.75, 3.05) is 6.54 Å². The molecule has 24 heavy (non-hydrogen) atoms. The molecule has 2 rings (SSSR count). The highest BCUT2D eigenvalue weighted by molar-refractivity contribution is 7.89. The minimum Gasteiger partial charge on any atom is -0.361 e. The summed E-state index contributed by atoms with van der Waals surface area (Å²) in [6.07, 6.45) is 0.773. The van der Waals surface area contributed by atoms with E-state index in [4.69, 9.17) is 4.52 Å². The molecule has 0 aliphatic rings. The van der Waals surface area contributed by atoms with E-state index >= 15 is 0 Å². The van der Waals surface area contributed by atoms with Crippen LogP contribution in [0.25, 0.3) is 11.1 Å². The molecule has 132 valence electrons. The minimum absolute atomic E-state index is 0.0795. The number of sulfonamides is 1. The molecule has 0 unspecified atom stereocenters. The van der Waals surface area contributed by atoms with E-state index in [0.29, 0.717) is 22.8 Å². The van der Waals surface area contributed by atoms with Crippen molar-refractivity contribution in [3.8, 4) is 11.1 Å². The second kappa shape index (κ2) is 6.69. The Balaban J connectivity index is 2.35. The van der Waals surface area contributed by atoms with Crippen LogP contribution in [0.5, 0.6) is 0 Å². The lowest BCUT2D eigenvalue weighted by Gasteiger charge is -2.18. The predicted molar refractivity (Wildman–Crippen MR) is 95.4 cm³/mol. The molecule has 1 heterocycles. The second-order valence-electron chi connectivity index (χ2n) is 7.39. The minimum atomic E-state index is -3.55. The zero-order valence-electron chi connectivity index (χ0n) is 15.2. The first-order chi connectivity index (χ1) is 11.0. The summed E-state index contributed by atoms with van der Waals surface area (Å²) in [5, 5.41) is 3.94. The van der Waals surface area contributed by atoms with Crippen LogP contribution in [0, 0.1) is 26.2 Å². The summed E-state index contributed by atoms with van der Waals surface area (Å²) in [5.74, 6) is 0.681. The summed E-state index contributed by atoms with van der Waals surface area (Å²) in [4.78, 5) is 0.300. The number of nitrogens with zero attached hydrogens (tertiary/aromatic N) is 1. The number of benzene rings is 1. The molecule has 0 bridgehead atoms. The maximum absolute atomic E-state index is 12.7. The van der Waals surface area contributed by atoms with Gasteiger partial charge in [-0.15, -0.1) is 0 Å². The van der Waals surface area contributed by atoms with Crippen molar-refractivity contribution in [3.05, 3.63) is 35.2 Å². The number of hydrogen-bond donors (Lipinski definition) is 1. The Morgan fingerprint density at radius 3 is 2.38 bits per heavy atom. The molecule has 0 radical (unpaired) electrons. The van der Waals surface area contributed by atoms with Gasteiger partial charge in [0.25, 0.3) is 0 Å². The molecule has 0 spiro atoms. The second-order valence-corrected chi connectivity index (χ2v) is 9.12. The van der Waals surface area contributed by atoms with E-state index in [1.807, 2.05) is 26.0 Å². The van der Waals surface area contributed by atoms with Crippen LogP contribution in [-0.2, 0) is 10.0 Å². The predicted octanol–water partition coefficient (Wildman–Crippen LogP) is 3.98. The van der Waals surface area contributed by atoms with Gasteiger partial charge in [-0.3, -0.25) is 0 Å². The van der Waals surface area contributed by atoms with Crippen molar-refractivity contribution in [3.63, 3.8) is 0 Å². The molecule has 0 saturated carbocycles. The third-order valence-electron chi connectivity index (χ3n) is 3.97. The zero-order valence-corrected chi connectivity index (χ0v) is 16.0. The van der Waals surface area contributed by atoms with E-state index in [9.17, 15) is 8.42 Å². The topological polar surface area (TPSA) is 72.2 Å². The summed E-state index contributed by atoms with van der Waals surface area (Å²) in [7, 11) is -3.55. The normalized spacial score (nSPS) is 12.6. The van der Waals surface area contributed by atoms with Crippen LogP contribution in [0.2, 0.25) is 0 Å². The average Bonchev–Trinajstić information content (AvgIpc) is 2.77. The van der Waals surface area contributed by atoms with Gasteiger partial charge >= 0.3 is 0 Å². The molecule has 1 aromatic carbocycles. The SMILES string of the molecule is Cc1ccc(-c2c(C)noc2C)cc1S(=O)(=O)NCCC(C)(C)C. The molecule has 0 saturated heterocycles. The van der Waals surface area contributed by atoms with Gasteiger partial charge in [0.2, 0.25) is 10.0 Å². The highest BCUT2D eigenvalue weighted by Gasteiger charge is 2.20. The fraction of sp³-hybridized carbons (Fsp3) is 0.500. The summed E-state index contributed by atoms with van der Waals surface area (Å²) >= 11 is 0. The molecule has 2 aromatic rings. The van der Waals surface area contributed by atoms with Crippen molar-refractivity contribution in [2.24, 2.45) is 5.41 Å². The fourth-order valence-corrected chi connectivity index (χ4v) is 3.88. The Bertz CT molecular complexity index is 811. The van der Waals surface area contributed by atoms with Crippen LogP contribution < -0.4 is 4.72 Å². The quantitative estimate of drug-likeness (QED) is 0.885. The van der Waals surface area contributed by atoms with Crippen LogP contribution >= 0.6 is 0 Å². The number of nitrogens with one attached hydrogen (secondary N) is 1. The van der Waals surface area contributed by atoms with Crippen molar-refractivity contribution < 1.29 is 12.9 Å². The number of hydrogen-bond acceptors (Lipinski definition) is 4. The average molecular weight is 350 g/mol. The van der Waals surface area contributed by atoms with Gasteiger partial charge in [-0.2, -0.15) is 0 Å². The van der Waals surface area contributed by atoms with Crippen molar-refractivity contribution in [2.45, 2.75) is 52.9 Å². The molecule has 6 heteroatoms. The number of rotatable bonds is 5. The van der Waals surface area contributed by atoms with Crippen LogP contribution in [0.3, 0.4) is 0 Å². The molecule has 0 fully saturated rings. The highest BCUT2D eigenvalue weighted by atomic mass is 32.2. The summed E-state index contributed by atoms with van der Waals surface area (Å²) in [6.45, 7) is 12.2. The van der Waals surface area contributed by atoms with Gasteiger partial charge in [0.05, 0.1) is 10.6 Å². The first-order valence-electron chi connectivity index (χ1n) is 8.05. The van der Waals surface area contributed by atoms with Gasteiger partial charge in [-0.25, -0.2) is 13.1 Å². The Morgan fingerprint density at radius 2 is 1.83 bits per heavy atom. The van der Waals surface area contributed by atoms with Crippen molar-refractivity contribution in [1.29, 1.82) is 0 Å². The van der Waals surface area contributed by atoms with E-state index in [-0.39, 0.29) is 5.41 Å². The fourth-order valence-electron chi connectivity index (χ4n) is 2.58. The third-order valence-corrected chi connectivity index (χ3v) is 5.57. The van der Waals surface area contributed by atoms with Gasteiger partial charge in [-0.1, -0.05) is 38.1 Å². The number of aromatic nitrogens is 1. The lowest BCUT2D eigenvalue weighted by molar-refractivity contribution is 0.378. The number of aryl methyl sites for hydroxylation is 3. The van der Waals surface area contributed by atoms with Gasteiger partial charge in [0.15, 0.2) is 0 Å². The molecular formula is C18H26N2O3S. The zero-order chi connectivity index (χ0) is 18.1. The van der Waals surface area contributed by atoms with Crippen LogP contribution in [0.1, 0.15) is 44.2 Å². The Labute approximate surface area is 144 Å². The molecular weight excluding hydrogens is 324 g/mol. The van der Waals surface area contributed by atoms with E-state index in [2.05, 4.69) is 30.6 Å². The van der Waals surface area contributed by atoms with Gasteiger partial charge in [-0.05, 0) is 49.8 Å². The molecule has 0 atom stereocenters. The molecule has 0 aliphatic heterocycles. The molecule has 1 N–H and O–H groups in total. The molecule has 1 aromatic heterocycles. The Morgan fingerprint density at radius 1 is 1.17 bits per heavy atom. The summed E-state index contributed by atoms with van der Waals surface area (Å²) in [6, 6.07) is 5.41. The van der Waals surface area contributed by atoms with Gasteiger partial charge in [0.1, 0.15) is 5.76 Å². The van der Waals surface area contributed by atoms with E-state index < -0.39 is 10.0 Å². The van der Waals surface area contributed by atoms with E-state index in [1.54, 1.807) is 13.0 Å². The summed E-state index contributed by atoms with van der Waals surface area (Å²) < 4.78 is 33.3. The van der Waals surface area contributed by atoms with E-state index in [1.165, 1.54) is 0 Å². The third kappa shape index (κ3) is 4.24. The molecule has 5 nitrogen and oxygen atoms in total. The first kappa shape index (κ1) is 18.7. The highest BCUT2D eigenvalue weighted by Crippen LogP contribution is 2.30. The van der Waals surface area contributed by atoms with Crippen molar-refractivity contribution in [1.82, 2.24) is 9.88 Å². The van der Waals surface area contributed by atoms with E-state index in [0.717, 1.165) is 23.2 Å². The van der Waals surface area contributed by atoms with Crippen LogP contribution in [0.4, 0.5) is 0 Å². The maximum Gasteiger partial charge on any atom is 0.240 e. The Kier molecular flexibility index (Phi) is 5.20. The standard InChI is InChI=1S/C18H26N2O3S/c1-12-7-8-15(17-13(2)20-23-14(17)3)11-16(12)24(21,22)19-10-9-18(4,5)6/h7-8,11,19H,9-10H2,1-6H3. The summed E-state index contributed by atoms with van der Waals surface area (Å²) in [5.41, 5.74) is 3.19. The van der Waals surface area contributed by atoms with Gasteiger partial charge < -0.3 is 4.52 Å². The molecule has 0 amide bonds. The lowest BCUT2D eigenvalue weighted by Crippen LogP contribution is -2.28. The first-order valence-corrected chi connectivity index (χ1v) is 9.53. The van der Waals surface area contributed by atoms with Gasteiger partial charge in [0, 0.05) is 12.1 Å². The van der Waals surface area contributed by atoms with Crippen molar-refractivity contribution >= 4 is 10.0 Å². The maximum atomic E-state index is 12.7. The lowest BCUT2D eigenvalue weighted by atomic mass is 9.93. The Hall–Kier alpha value is -1.66.